The van der Waals surface area contributed by atoms with Gasteiger partial charge in [-0.05, 0) is 47.0 Å². The first-order valence-electron chi connectivity index (χ1n) is 6.24. The van der Waals surface area contributed by atoms with Crippen LogP contribution in [-0.2, 0) is 4.79 Å². The average Bonchev–Trinajstić information content (AvgIpc) is 2.33. The molecule has 2 N–H and O–H groups in total. The lowest BCUT2D eigenvalue weighted by atomic mass is 9.80. The molecule has 2 rings (SSSR count). The molecule has 0 spiro atoms. The maximum Gasteiger partial charge on any atom is 0.573 e. The third kappa shape index (κ3) is 4.12. The largest absolute Gasteiger partial charge is 0.573 e. The number of amides is 1. The summed E-state index contributed by atoms with van der Waals surface area (Å²) in [6.07, 6.45) is -4.24. The molecule has 1 aliphatic carbocycles. The molecule has 1 aliphatic rings. The van der Waals surface area contributed by atoms with Crippen molar-refractivity contribution in [2.45, 2.75) is 25.2 Å². The lowest BCUT2D eigenvalue weighted by Crippen LogP contribution is -2.46. The van der Waals surface area contributed by atoms with Gasteiger partial charge in [0.25, 0.3) is 5.91 Å². The molecular formula is C13H11BrF3NO4. The van der Waals surface area contributed by atoms with Crippen LogP contribution in [0.3, 0.4) is 0 Å². The molecular weight excluding hydrogens is 371 g/mol. The normalized spacial score (nSPS) is 20.9. The summed E-state index contributed by atoms with van der Waals surface area (Å²) >= 11 is 2.91. The highest BCUT2D eigenvalue weighted by molar-refractivity contribution is 9.10. The van der Waals surface area contributed by atoms with Crippen molar-refractivity contribution in [1.29, 1.82) is 0 Å². The lowest BCUT2D eigenvalue weighted by molar-refractivity contribution is -0.274. The van der Waals surface area contributed by atoms with Gasteiger partial charge in [0.05, 0.1) is 10.4 Å². The van der Waals surface area contributed by atoms with Crippen molar-refractivity contribution in [3.05, 3.63) is 28.2 Å². The number of rotatable bonds is 4. The fourth-order valence-corrected chi connectivity index (χ4v) is 2.38. The first-order valence-corrected chi connectivity index (χ1v) is 7.04. The van der Waals surface area contributed by atoms with E-state index >= 15 is 0 Å². The van der Waals surface area contributed by atoms with Crippen LogP contribution in [0.1, 0.15) is 23.2 Å². The van der Waals surface area contributed by atoms with Gasteiger partial charge in [0.1, 0.15) is 5.75 Å². The average molecular weight is 382 g/mol. The van der Waals surface area contributed by atoms with Gasteiger partial charge in [0.15, 0.2) is 0 Å². The van der Waals surface area contributed by atoms with Gasteiger partial charge in [0, 0.05) is 11.6 Å². The molecule has 0 atom stereocenters. The predicted octanol–water partition coefficient (Wildman–Crippen LogP) is 2.94. The number of ether oxygens (including phenoxy) is 1. The molecule has 0 bridgehead atoms. The van der Waals surface area contributed by atoms with Crippen LogP contribution in [0.25, 0.3) is 0 Å². The molecule has 0 radical (unpaired) electrons. The number of carbonyl (C=O) groups is 2. The Hall–Kier alpha value is -1.77. The number of carbonyl (C=O) groups excluding carboxylic acids is 1. The van der Waals surface area contributed by atoms with E-state index in [1.807, 2.05) is 0 Å². The van der Waals surface area contributed by atoms with Gasteiger partial charge in [-0.2, -0.15) is 0 Å². The van der Waals surface area contributed by atoms with Gasteiger partial charge >= 0.3 is 12.3 Å². The van der Waals surface area contributed by atoms with Crippen molar-refractivity contribution in [1.82, 2.24) is 5.32 Å². The SMILES string of the molecule is O=C(NC1CC(C(=O)O)C1)c1ccc(Br)c(OC(F)(F)F)c1. The zero-order valence-corrected chi connectivity index (χ0v) is 12.6. The van der Waals surface area contributed by atoms with Crippen molar-refractivity contribution in [2.75, 3.05) is 0 Å². The molecule has 5 nitrogen and oxygen atoms in total. The molecule has 0 saturated heterocycles. The number of halogens is 4. The van der Waals surface area contributed by atoms with Crippen LogP contribution in [0.5, 0.6) is 5.75 Å². The van der Waals surface area contributed by atoms with Crippen molar-refractivity contribution in [3.8, 4) is 5.75 Å². The summed E-state index contributed by atoms with van der Waals surface area (Å²) < 4.78 is 40.6. The zero-order chi connectivity index (χ0) is 16.5. The second-order valence-corrected chi connectivity index (χ2v) is 5.72. The highest BCUT2D eigenvalue weighted by atomic mass is 79.9. The Morgan fingerprint density at radius 3 is 2.50 bits per heavy atom. The van der Waals surface area contributed by atoms with E-state index in [1.54, 1.807) is 0 Å². The van der Waals surface area contributed by atoms with Gasteiger partial charge in [-0.1, -0.05) is 0 Å². The molecule has 0 unspecified atom stereocenters. The summed E-state index contributed by atoms with van der Waals surface area (Å²) in [5.74, 6) is -2.50. The molecule has 22 heavy (non-hydrogen) atoms. The molecule has 9 heteroatoms. The van der Waals surface area contributed by atoms with Crippen LogP contribution in [0.2, 0.25) is 0 Å². The first kappa shape index (κ1) is 16.6. The van der Waals surface area contributed by atoms with E-state index in [-0.39, 0.29) is 16.1 Å². The van der Waals surface area contributed by atoms with E-state index in [9.17, 15) is 22.8 Å². The Bertz CT molecular complexity index is 599. The minimum atomic E-state index is -4.86. The highest BCUT2D eigenvalue weighted by Crippen LogP contribution is 2.32. The molecule has 1 aromatic carbocycles. The number of carboxylic acid groups (broad SMARTS) is 1. The minimum Gasteiger partial charge on any atom is -0.481 e. The van der Waals surface area contributed by atoms with Crippen molar-refractivity contribution < 1.29 is 32.6 Å². The van der Waals surface area contributed by atoms with Crippen molar-refractivity contribution >= 4 is 27.8 Å². The van der Waals surface area contributed by atoms with E-state index in [2.05, 4.69) is 26.0 Å². The molecule has 1 amide bonds. The maximum absolute atomic E-state index is 12.2. The van der Waals surface area contributed by atoms with Crippen LogP contribution in [0.4, 0.5) is 13.2 Å². The number of hydrogen-bond donors (Lipinski definition) is 2. The Morgan fingerprint density at radius 1 is 1.32 bits per heavy atom. The molecule has 0 aromatic heterocycles. The number of hydrogen-bond acceptors (Lipinski definition) is 3. The van der Waals surface area contributed by atoms with Gasteiger partial charge in [0.2, 0.25) is 0 Å². The maximum atomic E-state index is 12.2. The minimum absolute atomic E-state index is 0.00113. The third-order valence-corrected chi connectivity index (χ3v) is 3.90. The second-order valence-electron chi connectivity index (χ2n) is 4.87. The van der Waals surface area contributed by atoms with Crippen LogP contribution >= 0.6 is 15.9 Å². The molecule has 120 valence electrons. The van der Waals surface area contributed by atoms with E-state index in [4.69, 9.17) is 5.11 Å². The lowest BCUT2D eigenvalue weighted by Gasteiger charge is -2.32. The predicted molar refractivity (Wildman–Crippen MR) is 72.4 cm³/mol. The zero-order valence-electron chi connectivity index (χ0n) is 11.0. The van der Waals surface area contributed by atoms with E-state index in [1.165, 1.54) is 12.1 Å². The molecule has 1 fully saturated rings. The summed E-state index contributed by atoms with van der Waals surface area (Å²) in [6, 6.07) is 3.30. The summed E-state index contributed by atoms with van der Waals surface area (Å²) in [5.41, 5.74) is 0.00113. The van der Waals surface area contributed by atoms with Crippen LogP contribution in [0, 0.1) is 5.92 Å². The smallest absolute Gasteiger partial charge is 0.481 e. The molecule has 1 saturated carbocycles. The Balaban J connectivity index is 2.01. The van der Waals surface area contributed by atoms with Crippen LogP contribution in [0.15, 0.2) is 22.7 Å². The number of alkyl halides is 3. The van der Waals surface area contributed by atoms with Gasteiger partial charge in [-0.3, -0.25) is 9.59 Å². The summed E-state index contributed by atoms with van der Waals surface area (Å²) in [4.78, 5) is 22.6. The first-order chi connectivity index (χ1) is 10.2. The summed E-state index contributed by atoms with van der Waals surface area (Å²) in [6.45, 7) is 0. The Labute approximate surface area is 131 Å². The van der Waals surface area contributed by atoms with Crippen LogP contribution < -0.4 is 10.1 Å². The summed E-state index contributed by atoms with van der Waals surface area (Å²) in [5, 5.41) is 11.3. The fraction of sp³-hybridized carbons (Fsp3) is 0.385. The van der Waals surface area contributed by atoms with Crippen molar-refractivity contribution in [3.63, 3.8) is 0 Å². The Morgan fingerprint density at radius 2 is 1.95 bits per heavy atom. The standard InChI is InChI=1S/C13H11BrF3NO4/c14-9-2-1-6(5-10(9)22-13(15,16)17)11(19)18-8-3-7(4-8)12(20)21/h1-2,5,7-8H,3-4H2,(H,18,19)(H,20,21). The molecule has 0 heterocycles. The number of benzene rings is 1. The van der Waals surface area contributed by atoms with Gasteiger partial charge in [-0.15, -0.1) is 13.2 Å². The van der Waals surface area contributed by atoms with Gasteiger partial charge in [-0.25, -0.2) is 0 Å². The quantitative estimate of drug-likeness (QED) is 0.840. The van der Waals surface area contributed by atoms with E-state index < -0.39 is 29.9 Å². The topological polar surface area (TPSA) is 75.6 Å². The second kappa shape index (κ2) is 6.15. The highest BCUT2D eigenvalue weighted by Gasteiger charge is 2.36. The van der Waals surface area contributed by atoms with Gasteiger partial charge < -0.3 is 15.2 Å². The fourth-order valence-electron chi connectivity index (χ4n) is 2.05. The van der Waals surface area contributed by atoms with E-state index in [0.29, 0.717) is 12.8 Å². The number of aliphatic carboxylic acids is 1. The summed E-state index contributed by atoms with van der Waals surface area (Å²) in [7, 11) is 0. The molecule has 1 aromatic rings. The Kier molecular flexibility index (Phi) is 4.64. The third-order valence-electron chi connectivity index (χ3n) is 3.24. The van der Waals surface area contributed by atoms with E-state index in [0.717, 1.165) is 6.07 Å². The van der Waals surface area contributed by atoms with Crippen LogP contribution in [-0.4, -0.2) is 29.4 Å². The number of carboxylic acids is 1. The number of nitrogens with one attached hydrogen (secondary N) is 1. The van der Waals surface area contributed by atoms with Crippen molar-refractivity contribution in [2.24, 2.45) is 5.92 Å². The molecule has 0 aliphatic heterocycles. The monoisotopic (exact) mass is 381 g/mol.